The smallest absolute Gasteiger partial charge is 0.335 e. The van der Waals surface area contributed by atoms with Gasteiger partial charge >= 0.3 is 5.97 Å². The molecule has 1 aromatic carbocycles. The number of ether oxygens (including phenoxy) is 1. The van der Waals surface area contributed by atoms with Crippen LogP contribution in [-0.2, 0) is 4.79 Å². The lowest BCUT2D eigenvalue weighted by molar-refractivity contribution is -0.122. The number of hydrogen-bond acceptors (Lipinski definition) is 3. The van der Waals surface area contributed by atoms with Gasteiger partial charge in [0.05, 0.1) is 18.6 Å². The molecule has 0 fully saturated rings. The molecule has 0 atom stereocenters. The Hall–Kier alpha value is -2.18. The Labute approximate surface area is 114 Å². The summed E-state index contributed by atoms with van der Waals surface area (Å²) in [6.45, 7) is 3.35. The molecule has 0 spiro atoms. The summed E-state index contributed by atoms with van der Waals surface area (Å²) >= 11 is 0. The van der Waals surface area contributed by atoms with Crippen LogP contribution in [0.4, 0.5) is 8.78 Å². The number of carboxylic acid groups (broad SMARTS) is 1. The summed E-state index contributed by atoms with van der Waals surface area (Å²) in [4.78, 5) is 21.9. The normalized spacial score (nSPS) is 10.4. The van der Waals surface area contributed by atoms with Crippen LogP contribution in [0.15, 0.2) is 12.1 Å². The molecule has 0 radical (unpaired) electrons. The molecule has 0 aliphatic heterocycles. The number of carboxylic acids is 1. The summed E-state index contributed by atoms with van der Waals surface area (Å²) < 4.78 is 31.8. The zero-order chi connectivity index (χ0) is 15.3. The van der Waals surface area contributed by atoms with Crippen molar-refractivity contribution < 1.29 is 28.2 Å². The summed E-state index contributed by atoms with van der Waals surface area (Å²) in [6, 6.07) is 1.29. The Morgan fingerprint density at radius 3 is 2.30 bits per heavy atom. The molecule has 1 amide bonds. The SMILES string of the molecule is CC(C)NC(=O)CCOc1c(F)cc(C(=O)O)cc1F. The molecule has 0 bridgehead atoms. The molecule has 0 heterocycles. The lowest BCUT2D eigenvalue weighted by Crippen LogP contribution is -2.31. The Morgan fingerprint density at radius 2 is 1.85 bits per heavy atom. The highest BCUT2D eigenvalue weighted by atomic mass is 19.1. The molecule has 0 unspecified atom stereocenters. The molecular weight excluding hydrogens is 272 g/mol. The number of aromatic carboxylic acids is 1. The maximum atomic E-state index is 13.5. The van der Waals surface area contributed by atoms with E-state index >= 15 is 0 Å². The van der Waals surface area contributed by atoms with E-state index < -0.39 is 28.9 Å². The second-order valence-corrected chi connectivity index (χ2v) is 4.39. The fourth-order valence-electron chi connectivity index (χ4n) is 1.46. The first-order valence-corrected chi connectivity index (χ1v) is 5.95. The van der Waals surface area contributed by atoms with Gasteiger partial charge in [-0.3, -0.25) is 4.79 Å². The third kappa shape index (κ3) is 4.49. The monoisotopic (exact) mass is 287 g/mol. The Bertz CT molecular complexity index is 494. The van der Waals surface area contributed by atoms with E-state index in [0.29, 0.717) is 12.1 Å². The molecule has 1 rings (SSSR count). The van der Waals surface area contributed by atoms with E-state index in [9.17, 15) is 18.4 Å². The van der Waals surface area contributed by atoms with Crippen LogP contribution in [0.3, 0.4) is 0 Å². The molecule has 1 aromatic rings. The van der Waals surface area contributed by atoms with Crippen molar-refractivity contribution >= 4 is 11.9 Å². The first kappa shape index (κ1) is 15.9. The molecule has 2 N–H and O–H groups in total. The van der Waals surface area contributed by atoms with E-state index in [1.807, 2.05) is 0 Å². The molecule has 5 nitrogen and oxygen atoms in total. The number of halogens is 2. The number of hydrogen-bond donors (Lipinski definition) is 2. The summed E-state index contributed by atoms with van der Waals surface area (Å²) in [7, 11) is 0. The van der Waals surface area contributed by atoms with Gasteiger partial charge in [0.15, 0.2) is 17.4 Å². The van der Waals surface area contributed by atoms with E-state index in [-0.39, 0.29) is 25.0 Å². The molecular formula is C13H15F2NO4. The van der Waals surface area contributed by atoms with Crippen molar-refractivity contribution in [2.24, 2.45) is 0 Å². The van der Waals surface area contributed by atoms with Gasteiger partial charge < -0.3 is 15.2 Å². The lowest BCUT2D eigenvalue weighted by Gasteiger charge is -2.10. The third-order valence-corrected chi connectivity index (χ3v) is 2.27. The van der Waals surface area contributed by atoms with E-state index in [1.165, 1.54) is 0 Å². The maximum absolute atomic E-state index is 13.5. The Morgan fingerprint density at radius 1 is 1.30 bits per heavy atom. The van der Waals surface area contributed by atoms with Gasteiger partial charge in [-0.1, -0.05) is 0 Å². The highest BCUT2D eigenvalue weighted by Crippen LogP contribution is 2.23. The van der Waals surface area contributed by atoms with Crippen molar-refractivity contribution in [1.29, 1.82) is 0 Å². The first-order chi connectivity index (χ1) is 9.31. The first-order valence-electron chi connectivity index (χ1n) is 5.95. The largest absolute Gasteiger partial charge is 0.487 e. The third-order valence-electron chi connectivity index (χ3n) is 2.27. The second kappa shape index (κ2) is 6.83. The van der Waals surface area contributed by atoms with Crippen molar-refractivity contribution in [2.75, 3.05) is 6.61 Å². The topological polar surface area (TPSA) is 75.6 Å². The predicted molar refractivity (Wildman–Crippen MR) is 66.7 cm³/mol. The number of amides is 1. The van der Waals surface area contributed by atoms with Crippen LogP contribution in [-0.4, -0.2) is 29.6 Å². The summed E-state index contributed by atoms with van der Waals surface area (Å²) in [6.07, 6.45) is -0.0578. The van der Waals surface area contributed by atoms with Gasteiger partial charge in [-0.15, -0.1) is 0 Å². The lowest BCUT2D eigenvalue weighted by atomic mass is 10.2. The van der Waals surface area contributed by atoms with Gasteiger partial charge in [-0.25, -0.2) is 13.6 Å². The fraction of sp³-hybridized carbons (Fsp3) is 0.385. The highest BCUT2D eigenvalue weighted by Gasteiger charge is 2.16. The van der Waals surface area contributed by atoms with E-state index in [4.69, 9.17) is 9.84 Å². The highest BCUT2D eigenvalue weighted by molar-refractivity contribution is 5.87. The summed E-state index contributed by atoms with van der Waals surface area (Å²) in [5.41, 5.74) is -0.509. The average molecular weight is 287 g/mol. The van der Waals surface area contributed by atoms with Crippen molar-refractivity contribution in [3.05, 3.63) is 29.3 Å². The predicted octanol–water partition coefficient (Wildman–Crippen LogP) is 1.96. The fourth-order valence-corrected chi connectivity index (χ4v) is 1.46. The Kier molecular flexibility index (Phi) is 5.42. The number of rotatable bonds is 6. The second-order valence-electron chi connectivity index (χ2n) is 4.39. The van der Waals surface area contributed by atoms with Gasteiger partial charge in [0.1, 0.15) is 0 Å². The van der Waals surface area contributed by atoms with E-state index in [0.717, 1.165) is 0 Å². The van der Waals surface area contributed by atoms with Crippen molar-refractivity contribution in [3.63, 3.8) is 0 Å². The van der Waals surface area contributed by atoms with Crippen LogP contribution >= 0.6 is 0 Å². The minimum atomic E-state index is -1.44. The van der Waals surface area contributed by atoms with Crippen LogP contribution < -0.4 is 10.1 Å². The number of nitrogens with one attached hydrogen (secondary N) is 1. The van der Waals surface area contributed by atoms with Gasteiger partial charge in [-0.05, 0) is 26.0 Å². The van der Waals surface area contributed by atoms with Crippen molar-refractivity contribution in [3.8, 4) is 5.75 Å². The van der Waals surface area contributed by atoms with E-state index in [1.54, 1.807) is 13.8 Å². The number of benzene rings is 1. The van der Waals surface area contributed by atoms with Crippen LogP contribution in [0.2, 0.25) is 0 Å². The number of carbonyl (C=O) groups excluding carboxylic acids is 1. The molecule has 0 aliphatic carbocycles. The average Bonchev–Trinajstić information content (AvgIpc) is 2.31. The van der Waals surface area contributed by atoms with E-state index in [2.05, 4.69) is 5.32 Å². The molecule has 110 valence electrons. The van der Waals surface area contributed by atoms with Crippen molar-refractivity contribution in [1.82, 2.24) is 5.32 Å². The molecule has 0 aromatic heterocycles. The molecule has 0 saturated heterocycles. The van der Waals surface area contributed by atoms with Gasteiger partial charge in [-0.2, -0.15) is 0 Å². The minimum absolute atomic E-state index is 0.0363. The van der Waals surface area contributed by atoms with Crippen LogP contribution in [0.25, 0.3) is 0 Å². The molecule has 0 aliphatic rings. The standard InChI is InChI=1S/C13H15F2NO4/c1-7(2)16-11(17)3-4-20-12-9(14)5-8(13(18)19)6-10(12)15/h5-7H,3-4H2,1-2H3,(H,16,17)(H,18,19). The zero-order valence-corrected chi connectivity index (χ0v) is 11.1. The van der Waals surface area contributed by atoms with Crippen molar-refractivity contribution in [2.45, 2.75) is 26.3 Å². The van der Waals surface area contributed by atoms with Gasteiger partial charge in [0.2, 0.25) is 5.91 Å². The van der Waals surface area contributed by atoms with Crippen LogP contribution in [0.1, 0.15) is 30.6 Å². The van der Waals surface area contributed by atoms with Gasteiger partial charge in [0, 0.05) is 6.04 Å². The van der Waals surface area contributed by atoms with Crippen LogP contribution in [0, 0.1) is 11.6 Å². The molecule has 0 saturated carbocycles. The molecule has 7 heteroatoms. The zero-order valence-electron chi connectivity index (χ0n) is 11.1. The summed E-state index contributed by atoms with van der Waals surface area (Å²) in [5.74, 6) is -4.67. The Balaban J connectivity index is 2.65. The molecule has 20 heavy (non-hydrogen) atoms. The maximum Gasteiger partial charge on any atom is 0.335 e. The quantitative estimate of drug-likeness (QED) is 0.838. The minimum Gasteiger partial charge on any atom is -0.487 e. The van der Waals surface area contributed by atoms with Gasteiger partial charge in [0.25, 0.3) is 0 Å². The van der Waals surface area contributed by atoms with Crippen LogP contribution in [0.5, 0.6) is 5.75 Å². The summed E-state index contributed by atoms with van der Waals surface area (Å²) in [5, 5.41) is 11.2. The number of carbonyl (C=O) groups is 2.